The molecule has 0 spiro atoms. The van der Waals surface area contributed by atoms with Gasteiger partial charge < -0.3 is 79.5 Å². The summed E-state index contributed by atoms with van der Waals surface area (Å²) in [5, 5.41) is 100. The van der Waals surface area contributed by atoms with Crippen molar-refractivity contribution < 1.29 is 79.5 Å². The zero-order chi connectivity index (χ0) is 33.9. The Morgan fingerprint density at radius 1 is 0.444 bits per heavy atom. The monoisotopic (exact) mass is 666 g/mol. The molecule has 45 heavy (non-hydrogen) atoms. The minimum absolute atomic E-state index is 0.0336. The molecule has 0 aromatic carbocycles. The van der Waals surface area contributed by atoms with E-state index in [1.54, 1.807) is 0 Å². The zero-order valence-electron chi connectivity index (χ0n) is 25.6. The standard InChI is InChI=1S/C26H54N2O17/c29-17-21(33)25(37)23(35)19(31)15-28(16-20(32)24(36)26(38)22(34)18-30)2-4-41-6-8-43-10-12-45-14-13-44-11-9-42-7-5-40-3-1-27-39/h19-26,29-38H,1-18H2/t19-,20-,21+,22+,23+,24+,25+,26+/m0/s1. The van der Waals surface area contributed by atoms with E-state index < -0.39 is 62.0 Å². The minimum atomic E-state index is -1.87. The molecule has 0 heterocycles. The van der Waals surface area contributed by atoms with Crippen molar-refractivity contribution in [3.05, 3.63) is 4.91 Å². The van der Waals surface area contributed by atoms with Crippen LogP contribution >= 0.6 is 0 Å². The van der Waals surface area contributed by atoms with Gasteiger partial charge in [0, 0.05) is 19.6 Å². The highest BCUT2D eigenvalue weighted by molar-refractivity contribution is 4.86. The Morgan fingerprint density at radius 3 is 1.04 bits per heavy atom. The first-order chi connectivity index (χ1) is 21.6. The molecular weight excluding hydrogens is 612 g/mol. The van der Waals surface area contributed by atoms with Gasteiger partial charge in [-0.1, -0.05) is 5.18 Å². The number of hydrogen-bond donors (Lipinski definition) is 10. The van der Waals surface area contributed by atoms with E-state index in [2.05, 4.69) is 5.18 Å². The molecule has 0 saturated carbocycles. The molecule has 0 aromatic heterocycles. The largest absolute Gasteiger partial charge is 0.394 e. The quantitative estimate of drug-likeness (QED) is 0.0230. The van der Waals surface area contributed by atoms with Crippen molar-refractivity contribution in [3.63, 3.8) is 0 Å². The number of aliphatic hydroxyl groups is 10. The van der Waals surface area contributed by atoms with Gasteiger partial charge in [-0.15, -0.1) is 0 Å². The molecule has 10 N–H and O–H groups in total. The van der Waals surface area contributed by atoms with Crippen molar-refractivity contribution in [1.82, 2.24) is 4.90 Å². The predicted molar refractivity (Wildman–Crippen MR) is 154 cm³/mol. The van der Waals surface area contributed by atoms with E-state index >= 15 is 0 Å². The smallest absolute Gasteiger partial charge is 0.111 e. The summed E-state index contributed by atoms with van der Waals surface area (Å²) in [6, 6.07) is 0. The first-order valence-electron chi connectivity index (χ1n) is 14.7. The lowest BCUT2D eigenvalue weighted by Crippen LogP contribution is -2.53. The second-order valence-electron chi connectivity index (χ2n) is 9.88. The molecule has 270 valence electrons. The Morgan fingerprint density at radius 2 is 0.733 bits per heavy atom. The van der Waals surface area contributed by atoms with E-state index in [1.165, 1.54) is 4.90 Å². The van der Waals surface area contributed by atoms with Crippen molar-refractivity contribution in [2.24, 2.45) is 5.18 Å². The molecule has 0 saturated heterocycles. The van der Waals surface area contributed by atoms with Gasteiger partial charge in [-0.3, -0.25) is 4.90 Å². The molecule has 0 aliphatic rings. The number of nitrogens with zero attached hydrogens (tertiary/aromatic N) is 2. The van der Waals surface area contributed by atoms with Crippen LogP contribution in [0.2, 0.25) is 0 Å². The van der Waals surface area contributed by atoms with Crippen LogP contribution in [-0.2, 0) is 28.4 Å². The van der Waals surface area contributed by atoms with E-state index in [0.717, 1.165) is 0 Å². The SMILES string of the molecule is O=NCCOCCOCCOCCOCCOCCOCCN(C[C@H](O)[C@@H](O)[C@H](O)[C@H](O)CO)C[C@H](O)[C@@H](O)[C@H](O)[C@H](O)CO. The van der Waals surface area contributed by atoms with E-state index in [-0.39, 0.29) is 52.6 Å². The normalized spacial score (nSPS) is 17.5. The van der Waals surface area contributed by atoms with Crippen LogP contribution in [-0.4, -0.2) is 223 Å². The zero-order valence-corrected chi connectivity index (χ0v) is 25.6. The Labute approximate surface area is 262 Å². The highest BCUT2D eigenvalue weighted by Gasteiger charge is 2.34. The van der Waals surface area contributed by atoms with Crippen molar-refractivity contribution in [3.8, 4) is 0 Å². The van der Waals surface area contributed by atoms with Crippen LogP contribution in [0.25, 0.3) is 0 Å². The van der Waals surface area contributed by atoms with Crippen LogP contribution in [0.3, 0.4) is 0 Å². The number of hydrogen-bond acceptors (Lipinski definition) is 19. The molecule has 0 radical (unpaired) electrons. The maximum absolute atomic E-state index is 10.3. The fourth-order valence-electron chi connectivity index (χ4n) is 3.63. The number of aliphatic hydroxyl groups excluding tert-OH is 10. The first kappa shape index (κ1) is 43.9. The summed E-state index contributed by atoms with van der Waals surface area (Å²) in [7, 11) is 0. The molecule has 0 rings (SSSR count). The summed E-state index contributed by atoms with van der Waals surface area (Å²) in [4.78, 5) is 11.2. The van der Waals surface area contributed by atoms with Gasteiger partial charge in [-0.25, -0.2) is 0 Å². The second-order valence-corrected chi connectivity index (χ2v) is 9.88. The topological polar surface area (TPSA) is 290 Å². The van der Waals surface area contributed by atoms with Crippen LogP contribution in [0, 0.1) is 4.91 Å². The summed E-state index contributed by atoms with van der Waals surface area (Å²) in [6.45, 7) is 1.32. The van der Waals surface area contributed by atoms with Gasteiger partial charge in [0.2, 0.25) is 0 Å². The highest BCUT2D eigenvalue weighted by atomic mass is 16.6. The van der Waals surface area contributed by atoms with Crippen LogP contribution < -0.4 is 0 Å². The Bertz CT molecular complexity index is 643. The molecule has 19 heteroatoms. The third-order valence-electron chi connectivity index (χ3n) is 6.28. The van der Waals surface area contributed by atoms with Gasteiger partial charge in [0.15, 0.2) is 0 Å². The van der Waals surface area contributed by atoms with E-state index in [9.17, 15) is 45.8 Å². The lowest BCUT2D eigenvalue weighted by Gasteiger charge is -2.33. The van der Waals surface area contributed by atoms with E-state index in [4.69, 9.17) is 38.6 Å². The maximum Gasteiger partial charge on any atom is 0.111 e. The first-order valence-corrected chi connectivity index (χ1v) is 14.7. The van der Waals surface area contributed by atoms with Crippen molar-refractivity contribution in [1.29, 1.82) is 0 Å². The number of rotatable bonds is 33. The van der Waals surface area contributed by atoms with Gasteiger partial charge in [-0.2, -0.15) is 4.91 Å². The molecule has 0 aromatic rings. The molecule has 0 bridgehead atoms. The van der Waals surface area contributed by atoms with Crippen LogP contribution in [0.5, 0.6) is 0 Å². The molecule has 0 fully saturated rings. The average molecular weight is 667 g/mol. The Kier molecular flexibility index (Phi) is 28.4. The van der Waals surface area contributed by atoms with E-state index in [1.807, 2.05) is 0 Å². The molecule has 19 nitrogen and oxygen atoms in total. The molecule has 0 unspecified atom stereocenters. The summed E-state index contributed by atoms with van der Waals surface area (Å²) in [5.41, 5.74) is 0. The highest BCUT2D eigenvalue weighted by Crippen LogP contribution is 2.11. The average Bonchev–Trinajstić information content (AvgIpc) is 3.04. The fraction of sp³-hybridized carbons (Fsp3) is 1.00. The van der Waals surface area contributed by atoms with Gasteiger partial charge >= 0.3 is 0 Å². The molecule has 0 amide bonds. The van der Waals surface area contributed by atoms with Crippen molar-refractivity contribution in [2.45, 2.75) is 48.8 Å². The van der Waals surface area contributed by atoms with E-state index in [0.29, 0.717) is 52.9 Å². The fourth-order valence-corrected chi connectivity index (χ4v) is 3.63. The molecule has 0 aliphatic carbocycles. The third kappa shape index (κ3) is 22.2. The van der Waals surface area contributed by atoms with Gasteiger partial charge in [0.05, 0.1) is 105 Å². The third-order valence-corrected chi connectivity index (χ3v) is 6.28. The maximum atomic E-state index is 10.3. The Hall–Kier alpha value is -1.08. The lowest BCUT2D eigenvalue weighted by molar-refractivity contribution is -0.131. The molecule has 0 aliphatic heterocycles. The Balaban J connectivity index is 4.24. The second kappa shape index (κ2) is 29.1. The van der Waals surface area contributed by atoms with Crippen LogP contribution in [0.1, 0.15) is 0 Å². The molecule has 8 atom stereocenters. The summed E-state index contributed by atoms with van der Waals surface area (Å²) in [5.74, 6) is 0. The predicted octanol–water partition coefficient (Wildman–Crippen LogP) is -5.97. The van der Waals surface area contributed by atoms with Crippen molar-refractivity contribution in [2.75, 3.05) is 119 Å². The lowest BCUT2D eigenvalue weighted by atomic mass is 10.0. The van der Waals surface area contributed by atoms with Gasteiger partial charge in [0.1, 0.15) is 43.2 Å². The number of ether oxygens (including phenoxy) is 6. The van der Waals surface area contributed by atoms with Crippen molar-refractivity contribution >= 4 is 0 Å². The summed E-state index contributed by atoms with van der Waals surface area (Å²) in [6.07, 6.45) is -14.2. The van der Waals surface area contributed by atoms with Crippen LogP contribution in [0.4, 0.5) is 0 Å². The summed E-state index contributed by atoms with van der Waals surface area (Å²) >= 11 is 0. The summed E-state index contributed by atoms with van der Waals surface area (Å²) < 4.78 is 32.0. The van der Waals surface area contributed by atoms with Gasteiger partial charge in [-0.05, 0) is 0 Å². The van der Waals surface area contributed by atoms with Crippen LogP contribution in [0.15, 0.2) is 5.18 Å². The number of nitroso groups, excluding NO2 is 1. The minimum Gasteiger partial charge on any atom is -0.394 e. The van der Waals surface area contributed by atoms with Gasteiger partial charge in [0.25, 0.3) is 0 Å². The molecular formula is C26H54N2O17.